The van der Waals surface area contributed by atoms with E-state index in [0.717, 1.165) is 53.8 Å². The maximum atomic E-state index is 13.9. The standard InChI is InChI=1S/C31H35NO5/c1-18-9-5-8-12-23(18)29-28(31(34)37-22-10-6-7-11-22)19(2)32-24-15-21(16-25(33)30(24)29)20-13-14-26(35-3)27(17-20)36-4/h5,8-9,12-14,17,21-22,29,32H,6-7,10-11,15-16H2,1-4H3/t21-,29-/m1/s1. The second kappa shape index (κ2) is 10.4. The van der Waals surface area contributed by atoms with Gasteiger partial charge < -0.3 is 19.5 Å². The van der Waals surface area contributed by atoms with Gasteiger partial charge in [-0.25, -0.2) is 4.79 Å². The van der Waals surface area contributed by atoms with Crippen molar-refractivity contribution in [3.63, 3.8) is 0 Å². The van der Waals surface area contributed by atoms with Crippen LogP contribution >= 0.6 is 0 Å². The first-order valence-electron chi connectivity index (χ1n) is 13.1. The lowest BCUT2D eigenvalue weighted by atomic mass is 9.71. The molecule has 37 heavy (non-hydrogen) atoms. The zero-order chi connectivity index (χ0) is 26.1. The van der Waals surface area contributed by atoms with Crippen LogP contribution < -0.4 is 14.8 Å². The second-order valence-corrected chi connectivity index (χ2v) is 10.3. The quantitative estimate of drug-likeness (QED) is 0.500. The van der Waals surface area contributed by atoms with Crippen LogP contribution in [0.4, 0.5) is 0 Å². The molecule has 0 amide bonds. The Balaban J connectivity index is 1.54. The van der Waals surface area contributed by atoms with Crippen LogP contribution in [-0.4, -0.2) is 32.1 Å². The number of hydrogen-bond acceptors (Lipinski definition) is 6. The molecular weight excluding hydrogens is 466 g/mol. The Bertz CT molecular complexity index is 1280. The molecule has 2 aromatic rings. The highest BCUT2D eigenvalue weighted by atomic mass is 16.5. The maximum absolute atomic E-state index is 13.9. The van der Waals surface area contributed by atoms with Crippen LogP contribution in [0.5, 0.6) is 11.5 Å². The van der Waals surface area contributed by atoms with Crippen LogP contribution in [-0.2, 0) is 14.3 Å². The number of carbonyl (C=O) groups is 2. The Morgan fingerprint density at radius 2 is 1.68 bits per heavy atom. The molecule has 1 aliphatic heterocycles. The first kappa shape index (κ1) is 25.1. The van der Waals surface area contributed by atoms with Crippen molar-refractivity contribution in [3.8, 4) is 11.5 Å². The SMILES string of the molecule is COc1ccc([C@H]2CC(=O)C3=C(C2)NC(C)=C(C(=O)OC2CCCC2)[C@H]3c2ccccc2C)cc1OC. The van der Waals surface area contributed by atoms with Gasteiger partial charge in [0.25, 0.3) is 0 Å². The van der Waals surface area contributed by atoms with Gasteiger partial charge >= 0.3 is 5.97 Å². The Morgan fingerprint density at radius 3 is 2.38 bits per heavy atom. The molecule has 2 aromatic carbocycles. The fourth-order valence-electron chi connectivity index (χ4n) is 6.09. The molecule has 1 saturated carbocycles. The normalized spacial score (nSPS) is 22.0. The fourth-order valence-corrected chi connectivity index (χ4v) is 6.09. The van der Waals surface area contributed by atoms with E-state index in [1.165, 1.54) is 0 Å². The molecule has 6 nitrogen and oxygen atoms in total. The number of aryl methyl sites for hydroxylation is 1. The third-order valence-electron chi connectivity index (χ3n) is 8.00. The Labute approximate surface area is 218 Å². The van der Waals surface area contributed by atoms with Gasteiger partial charge in [-0.1, -0.05) is 30.3 Å². The molecule has 3 aliphatic rings. The number of hydrogen-bond donors (Lipinski definition) is 1. The zero-order valence-electron chi connectivity index (χ0n) is 22.1. The van der Waals surface area contributed by atoms with Crippen molar-refractivity contribution >= 4 is 11.8 Å². The van der Waals surface area contributed by atoms with Crippen LogP contribution in [0.1, 0.15) is 74.0 Å². The lowest BCUT2D eigenvalue weighted by Gasteiger charge is -2.37. The van der Waals surface area contributed by atoms with E-state index in [0.29, 0.717) is 35.5 Å². The van der Waals surface area contributed by atoms with Gasteiger partial charge in [0, 0.05) is 29.3 Å². The molecule has 5 rings (SSSR count). The molecule has 6 heteroatoms. The van der Waals surface area contributed by atoms with Crippen molar-refractivity contribution in [2.45, 2.75) is 70.3 Å². The summed E-state index contributed by atoms with van der Waals surface area (Å²) in [6.45, 7) is 3.96. The molecule has 2 atom stereocenters. The van der Waals surface area contributed by atoms with Gasteiger partial charge in [0.2, 0.25) is 0 Å². The monoisotopic (exact) mass is 501 g/mol. The van der Waals surface area contributed by atoms with E-state index in [9.17, 15) is 9.59 Å². The van der Waals surface area contributed by atoms with Crippen molar-refractivity contribution in [1.82, 2.24) is 5.32 Å². The molecule has 0 bridgehead atoms. The highest BCUT2D eigenvalue weighted by Gasteiger charge is 2.42. The van der Waals surface area contributed by atoms with Gasteiger partial charge in [0.15, 0.2) is 17.3 Å². The molecule has 1 heterocycles. The van der Waals surface area contributed by atoms with Crippen molar-refractivity contribution in [2.24, 2.45) is 0 Å². The Hall–Kier alpha value is -3.54. The molecule has 0 saturated heterocycles. The largest absolute Gasteiger partial charge is 0.493 e. The number of esters is 1. The van der Waals surface area contributed by atoms with E-state index in [1.807, 2.05) is 56.3 Å². The number of ketones is 1. The number of rotatable bonds is 6. The first-order valence-corrected chi connectivity index (χ1v) is 13.1. The fraction of sp³-hybridized carbons (Fsp3) is 0.419. The van der Waals surface area contributed by atoms with E-state index < -0.39 is 5.92 Å². The number of dihydropyridines is 1. The first-order chi connectivity index (χ1) is 17.9. The van der Waals surface area contributed by atoms with E-state index in [4.69, 9.17) is 14.2 Å². The van der Waals surface area contributed by atoms with E-state index in [1.54, 1.807) is 14.2 Å². The molecule has 0 radical (unpaired) electrons. The maximum Gasteiger partial charge on any atom is 0.337 e. The smallest absolute Gasteiger partial charge is 0.337 e. The highest BCUT2D eigenvalue weighted by Crippen LogP contribution is 2.47. The minimum atomic E-state index is -0.440. The van der Waals surface area contributed by atoms with Gasteiger partial charge in [0.05, 0.1) is 19.8 Å². The summed E-state index contributed by atoms with van der Waals surface area (Å²) in [6, 6.07) is 13.9. The van der Waals surface area contributed by atoms with Crippen molar-refractivity contribution in [1.29, 1.82) is 0 Å². The molecule has 0 aromatic heterocycles. The molecule has 1 N–H and O–H groups in total. The summed E-state index contributed by atoms with van der Waals surface area (Å²) in [7, 11) is 3.23. The van der Waals surface area contributed by atoms with Crippen LogP contribution in [0.2, 0.25) is 0 Å². The van der Waals surface area contributed by atoms with Crippen molar-refractivity contribution in [3.05, 3.63) is 81.7 Å². The van der Waals surface area contributed by atoms with E-state index in [2.05, 4.69) is 5.32 Å². The Kier molecular flexibility index (Phi) is 7.09. The summed E-state index contributed by atoms with van der Waals surface area (Å²) in [4.78, 5) is 27.5. The van der Waals surface area contributed by atoms with Gasteiger partial charge in [0.1, 0.15) is 6.10 Å². The average Bonchev–Trinajstić information content (AvgIpc) is 3.40. The van der Waals surface area contributed by atoms with Crippen LogP contribution in [0.15, 0.2) is 65.0 Å². The highest BCUT2D eigenvalue weighted by molar-refractivity contribution is 6.04. The van der Waals surface area contributed by atoms with Crippen LogP contribution in [0.3, 0.4) is 0 Å². The molecule has 0 spiro atoms. The zero-order valence-corrected chi connectivity index (χ0v) is 22.1. The third-order valence-corrected chi connectivity index (χ3v) is 8.00. The predicted octanol–water partition coefficient (Wildman–Crippen LogP) is 5.86. The lowest BCUT2D eigenvalue weighted by molar-refractivity contribution is -0.144. The van der Waals surface area contributed by atoms with Crippen molar-refractivity contribution in [2.75, 3.05) is 14.2 Å². The van der Waals surface area contributed by atoms with Crippen LogP contribution in [0, 0.1) is 6.92 Å². The number of benzene rings is 2. The van der Waals surface area contributed by atoms with E-state index >= 15 is 0 Å². The lowest BCUT2D eigenvalue weighted by Crippen LogP contribution is -2.36. The summed E-state index contributed by atoms with van der Waals surface area (Å²) in [5, 5.41) is 3.46. The minimum Gasteiger partial charge on any atom is -0.493 e. The molecule has 0 unspecified atom stereocenters. The minimum absolute atomic E-state index is 0.00383. The number of allylic oxidation sites excluding steroid dienone is 3. The van der Waals surface area contributed by atoms with Gasteiger partial charge in [-0.05, 0) is 80.7 Å². The summed E-state index contributed by atoms with van der Waals surface area (Å²) >= 11 is 0. The molecule has 194 valence electrons. The summed E-state index contributed by atoms with van der Waals surface area (Å²) in [5.74, 6) is 0.607. The van der Waals surface area contributed by atoms with Crippen LogP contribution in [0.25, 0.3) is 0 Å². The van der Waals surface area contributed by atoms with Gasteiger partial charge in [-0.15, -0.1) is 0 Å². The molecule has 2 aliphatic carbocycles. The topological polar surface area (TPSA) is 73.9 Å². The molecular formula is C31H35NO5. The van der Waals surface area contributed by atoms with Gasteiger partial charge in [-0.3, -0.25) is 4.79 Å². The Morgan fingerprint density at radius 1 is 0.946 bits per heavy atom. The third kappa shape index (κ3) is 4.77. The molecule has 1 fully saturated rings. The van der Waals surface area contributed by atoms with Crippen molar-refractivity contribution < 1.29 is 23.8 Å². The number of methoxy groups -OCH3 is 2. The summed E-state index contributed by atoms with van der Waals surface area (Å²) in [5.41, 5.74) is 5.95. The summed E-state index contributed by atoms with van der Waals surface area (Å²) < 4.78 is 16.9. The number of ether oxygens (including phenoxy) is 3. The van der Waals surface area contributed by atoms with E-state index in [-0.39, 0.29) is 23.8 Å². The second-order valence-electron chi connectivity index (χ2n) is 10.3. The number of carbonyl (C=O) groups excluding carboxylic acids is 2. The number of nitrogens with one attached hydrogen (secondary N) is 1. The van der Waals surface area contributed by atoms with Gasteiger partial charge in [-0.2, -0.15) is 0 Å². The predicted molar refractivity (Wildman–Crippen MR) is 142 cm³/mol. The summed E-state index contributed by atoms with van der Waals surface area (Å²) in [6.07, 6.45) is 4.96. The average molecular weight is 502 g/mol. The number of Topliss-reactive ketones (excluding diaryl/α,β-unsaturated/α-hetero) is 1.